The lowest BCUT2D eigenvalue weighted by Gasteiger charge is -2.14. The highest BCUT2D eigenvalue weighted by Crippen LogP contribution is 2.35. The van der Waals surface area contributed by atoms with Gasteiger partial charge in [-0.2, -0.15) is 0 Å². The third-order valence-corrected chi connectivity index (χ3v) is 5.03. The zero-order valence-corrected chi connectivity index (χ0v) is 15.0. The van der Waals surface area contributed by atoms with Crippen LogP contribution < -0.4 is 4.90 Å². The van der Waals surface area contributed by atoms with Gasteiger partial charge in [-0.15, -0.1) is 0 Å². The van der Waals surface area contributed by atoms with Crippen molar-refractivity contribution in [3.63, 3.8) is 0 Å². The van der Waals surface area contributed by atoms with E-state index in [0.29, 0.717) is 25.5 Å². The first-order chi connectivity index (χ1) is 11.5. The number of amides is 1. The number of nitrogens with zero attached hydrogens (tertiary/aromatic N) is 1. The Morgan fingerprint density at radius 1 is 1.12 bits per heavy atom. The maximum absolute atomic E-state index is 12.6. The third-order valence-electron chi connectivity index (χ3n) is 3.48. The molecule has 24 heavy (non-hydrogen) atoms. The minimum absolute atomic E-state index is 0.254. The fourth-order valence-electron chi connectivity index (χ4n) is 2.20. The molecule has 0 saturated carbocycles. The van der Waals surface area contributed by atoms with Gasteiger partial charge in [-0.3, -0.25) is 14.5 Å². The van der Waals surface area contributed by atoms with Gasteiger partial charge in [-0.25, -0.2) is 0 Å². The summed E-state index contributed by atoms with van der Waals surface area (Å²) >= 11 is 12.2. The Balaban J connectivity index is 1.86. The number of thioether (sulfide) groups is 1. The second-order valence-electron chi connectivity index (χ2n) is 5.22. The number of aryl methyl sites for hydroxylation is 1. The predicted molar refractivity (Wildman–Crippen MR) is 103 cm³/mol. The van der Waals surface area contributed by atoms with E-state index in [2.05, 4.69) is 0 Å². The number of hydrogen-bond donors (Lipinski definition) is 0. The Bertz CT molecular complexity index is 858. The summed E-state index contributed by atoms with van der Waals surface area (Å²) in [4.78, 5) is 26.7. The minimum atomic E-state index is -0.281. The van der Waals surface area contributed by atoms with E-state index in [-0.39, 0.29) is 11.7 Å². The van der Waals surface area contributed by atoms with Crippen molar-refractivity contribution in [3.8, 4) is 0 Å². The van der Waals surface area contributed by atoms with Crippen LogP contribution in [0.5, 0.6) is 0 Å². The Labute approximate surface area is 154 Å². The zero-order chi connectivity index (χ0) is 17.3. The van der Waals surface area contributed by atoms with E-state index in [0.717, 1.165) is 17.3 Å². The van der Waals surface area contributed by atoms with E-state index < -0.39 is 0 Å². The highest BCUT2D eigenvalue weighted by atomic mass is 35.5. The van der Waals surface area contributed by atoms with Gasteiger partial charge in [-0.05, 0) is 43.3 Å². The molecule has 2 aromatic carbocycles. The van der Waals surface area contributed by atoms with E-state index >= 15 is 0 Å². The number of hydrogen-bond acceptors (Lipinski definition) is 4. The monoisotopic (exact) mass is 373 g/mol. The Morgan fingerprint density at radius 3 is 2.38 bits per heavy atom. The van der Waals surface area contributed by atoms with E-state index in [4.69, 9.17) is 23.8 Å². The van der Waals surface area contributed by atoms with Crippen LogP contribution in [0.1, 0.15) is 15.9 Å². The summed E-state index contributed by atoms with van der Waals surface area (Å²) in [7, 11) is 0. The SMILES string of the molecule is Cc1ccc(N2C(=O)/C(=C/C(=O)c3ccc(Cl)cc3)SC2=S)cc1. The molecule has 0 radical (unpaired) electrons. The second-order valence-corrected chi connectivity index (χ2v) is 7.34. The third kappa shape index (κ3) is 3.43. The van der Waals surface area contributed by atoms with Crippen molar-refractivity contribution in [2.45, 2.75) is 6.92 Å². The lowest BCUT2D eigenvalue weighted by atomic mass is 10.1. The van der Waals surface area contributed by atoms with Gasteiger partial charge in [0.1, 0.15) is 0 Å². The molecule has 1 amide bonds. The topological polar surface area (TPSA) is 37.4 Å². The molecule has 6 heteroatoms. The Hall–Kier alpha value is -1.95. The van der Waals surface area contributed by atoms with Crippen LogP contribution in [0, 0.1) is 6.92 Å². The lowest BCUT2D eigenvalue weighted by Crippen LogP contribution is -2.27. The summed E-state index contributed by atoms with van der Waals surface area (Å²) in [6.07, 6.45) is 1.33. The van der Waals surface area contributed by atoms with Crippen LogP contribution in [0.4, 0.5) is 5.69 Å². The maximum atomic E-state index is 12.6. The van der Waals surface area contributed by atoms with Crippen LogP contribution in [-0.4, -0.2) is 16.0 Å². The number of thiocarbonyl (C=S) groups is 1. The van der Waals surface area contributed by atoms with E-state index in [1.807, 2.05) is 31.2 Å². The summed E-state index contributed by atoms with van der Waals surface area (Å²) in [5.74, 6) is -0.535. The van der Waals surface area contributed by atoms with Gasteiger partial charge in [0.25, 0.3) is 5.91 Å². The van der Waals surface area contributed by atoms with Crippen molar-refractivity contribution in [2.24, 2.45) is 0 Å². The second kappa shape index (κ2) is 6.89. The highest BCUT2D eigenvalue weighted by Gasteiger charge is 2.33. The standard InChI is InChI=1S/C18H12ClNO2S2/c1-11-2-8-14(9-3-11)20-17(22)16(24-18(20)23)10-15(21)12-4-6-13(19)7-5-12/h2-10H,1H3/b16-10-. The number of allylic oxidation sites excluding steroid dienone is 1. The van der Waals surface area contributed by atoms with Crippen molar-refractivity contribution in [1.29, 1.82) is 0 Å². The van der Waals surface area contributed by atoms with E-state index in [1.54, 1.807) is 24.3 Å². The minimum Gasteiger partial charge on any atom is -0.289 e. The molecule has 3 nitrogen and oxygen atoms in total. The number of benzene rings is 2. The molecule has 0 spiro atoms. The number of rotatable bonds is 3. The molecule has 0 N–H and O–H groups in total. The van der Waals surface area contributed by atoms with Crippen LogP contribution in [0.25, 0.3) is 0 Å². The molecule has 0 bridgehead atoms. The molecule has 0 atom stereocenters. The highest BCUT2D eigenvalue weighted by molar-refractivity contribution is 8.27. The molecule has 120 valence electrons. The van der Waals surface area contributed by atoms with Crippen LogP contribution in [-0.2, 0) is 4.79 Å². The molecular weight excluding hydrogens is 362 g/mol. The number of carbonyl (C=O) groups excluding carboxylic acids is 2. The molecule has 1 heterocycles. The summed E-state index contributed by atoms with van der Waals surface area (Å²) in [6, 6.07) is 14.0. The van der Waals surface area contributed by atoms with Gasteiger partial charge in [-0.1, -0.05) is 53.3 Å². The van der Waals surface area contributed by atoms with Crippen LogP contribution >= 0.6 is 35.6 Å². The molecule has 1 aliphatic heterocycles. The number of ketones is 1. The summed E-state index contributed by atoms with van der Waals surface area (Å²) in [6.45, 7) is 1.97. The first-order valence-electron chi connectivity index (χ1n) is 7.10. The van der Waals surface area contributed by atoms with Gasteiger partial charge >= 0.3 is 0 Å². The average molecular weight is 374 g/mol. The largest absolute Gasteiger partial charge is 0.289 e. The molecule has 1 fully saturated rings. The lowest BCUT2D eigenvalue weighted by molar-refractivity contribution is -0.113. The maximum Gasteiger partial charge on any atom is 0.270 e. The average Bonchev–Trinajstić information content (AvgIpc) is 2.83. The van der Waals surface area contributed by atoms with Crippen molar-refractivity contribution in [3.05, 3.63) is 75.7 Å². The molecule has 2 aromatic rings. The number of anilines is 1. The number of halogens is 1. The molecule has 1 saturated heterocycles. The van der Waals surface area contributed by atoms with Crippen molar-refractivity contribution >= 4 is 57.3 Å². The summed E-state index contributed by atoms with van der Waals surface area (Å²) in [5, 5.41) is 0.553. The van der Waals surface area contributed by atoms with Gasteiger partial charge in [0, 0.05) is 16.7 Å². The van der Waals surface area contributed by atoms with Crippen molar-refractivity contribution in [2.75, 3.05) is 4.90 Å². The molecule has 0 aromatic heterocycles. The van der Waals surface area contributed by atoms with Gasteiger partial charge in [0.15, 0.2) is 10.1 Å². The fraction of sp³-hybridized carbons (Fsp3) is 0.0556. The van der Waals surface area contributed by atoms with E-state index in [9.17, 15) is 9.59 Å². The van der Waals surface area contributed by atoms with Crippen LogP contribution in [0.2, 0.25) is 5.02 Å². The summed E-state index contributed by atoms with van der Waals surface area (Å²) in [5.41, 5.74) is 2.27. The normalized spacial score (nSPS) is 16.1. The molecular formula is C18H12ClNO2S2. The van der Waals surface area contributed by atoms with Gasteiger partial charge in [0.2, 0.25) is 0 Å². The first kappa shape index (κ1) is 16.9. The van der Waals surface area contributed by atoms with Gasteiger partial charge < -0.3 is 0 Å². The predicted octanol–water partition coefficient (Wildman–Crippen LogP) is 4.78. The number of carbonyl (C=O) groups is 2. The Morgan fingerprint density at radius 2 is 1.75 bits per heavy atom. The smallest absolute Gasteiger partial charge is 0.270 e. The van der Waals surface area contributed by atoms with Crippen molar-refractivity contribution in [1.82, 2.24) is 0 Å². The van der Waals surface area contributed by atoms with Crippen LogP contribution in [0.3, 0.4) is 0 Å². The van der Waals surface area contributed by atoms with Crippen LogP contribution in [0.15, 0.2) is 59.5 Å². The van der Waals surface area contributed by atoms with Crippen molar-refractivity contribution < 1.29 is 9.59 Å². The molecule has 0 aliphatic carbocycles. The Kier molecular flexibility index (Phi) is 4.85. The molecule has 1 aliphatic rings. The molecule has 0 unspecified atom stereocenters. The molecule has 3 rings (SSSR count). The fourth-order valence-corrected chi connectivity index (χ4v) is 3.60. The van der Waals surface area contributed by atoms with Gasteiger partial charge in [0.05, 0.1) is 10.6 Å². The zero-order valence-electron chi connectivity index (χ0n) is 12.7. The van der Waals surface area contributed by atoms with E-state index in [1.165, 1.54) is 11.0 Å². The first-order valence-corrected chi connectivity index (χ1v) is 8.70. The summed E-state index contributed by atoms with van der Waals surface area (Å²) < 4.78 is 0.416. The quantitative estimate of drug-likeness (QED) is 0.441.